The van der Waals surface area contributed by atoms with Gasteiger partial charge in [0, 0.05) is 51.3 Å². The van der Waals surface area contributed by atoms with Gasteiger partial charge in [-0.3, -0.25) is 23.8 Å². The van der Waals surface area contributed by atoms with E-state index in [-0.39, 0.29) is 17.4 Å². The zero-order chi connectivity index (χ0) is 24.4. The van der Waals surface area contributed by atoms with Crippen LogP contribution in [0.5, 0.6) is 5.75 Å². The fraction of sp³-hybridized carbons (Fsp3) is 0.273. The van der Waals surface area contributed by atoms with E-state index in [4.69, 9.17) is 9.26 Å². The van der Waals surface area contributed by atoms with Crippen molar-refractivity contribution in [3.05, 3.63) is 64.4 Å². The van der Waals surface area contributed by atoms with E-state index in [0.29, 0.717) is 12.2 Å². The van der Waals surface area contributed by atoms with Crippen LogP contribution in [0.2, 0.25) is 0 Å². The predicted molar refractivity (Wildman–Crippen MR) is 124 cm³/mol. The zero-order valence-corrected chi connectivity index (χ0v) is 19.4. The molecule has 4 heterocycles. The Kier molecular flexibility index (Phi) is 6.13. The molecule has 4 aromatic rings. The molecule has 0 aliphatic rings. The third-order valence-corrected chi connectivity index (χ3v) is 5.51. The van der Waals surface area contributed by atoms with Crippen molar-refractivity contribution in [2.75, 3.05) is 24.4 Å². The minimum atomic E-state index is -0.625. The van der Waals surface area contributed by atoms with Crippen molar-refractivity contribution in [1.29, 1.82) is 0 Å². The zero-order valence-electron chi connectivity index (χ0n) is 19.4. The summed E-state index contributed by atoms with van der Waals surface area (Å²) in [6.07, 6.45) is 7.90. The summed E-state index contributed by atoms with van der Waals surface area (Å²) in [7, 11) is 6.55. The van der Waals surface area contributed by atoms with Crippen LogP contribution in [-0.2, 0) is 20.6 Å². The lowest BCUT2D eigenvalue weighted by Crippen LogP contribution is -2.32. The molecule has 4 rings (SSSR count). The van der Waals surface area contributed by atoms with Gasteiger partial charge in [0.2, 0.25) is 11.7 Å². The number of hydrogen-bond acceptors (Lipinski definition) is 9. The molecule has 0 unspecified atom stereocenters. The van der Waals surface area contributed by atoms with E-state index in [0.717, 1.165) is 22.4 Å². The minimum absolute atomic E-state index is 0.150. The number of anilines is 2. The molecule has 34 heavy (non-hydrogen) atoms. The van der Waals surface area contributed by atoms with E-state index in [1.165, 1.54) is 24.1 Å². The summed E-state index contributed by atoms with van der Waals surface area (Å²) in [5.41, 5.74) is 3.55. The van der Waals surface area contributed by atoms with Gasteiger partial charge in [-0.25, -0.2) is 4.98 Å². The minimum Gasteiger partial charge on any atom is -0.489 e. The molecule has 176 valence electrons. The van der Waals surface area contributed by atoms with Crippen LogP contribution in [-0.4, -0.2) is 49.5 Å². The molecule has 12 heteroatoms. The van der Waals surface area contributed by atoms with Crippen LogP contribution in [0, 0.1) is 6.92 Å². The molecule has 0 saturated carbocycles. The first-order valence-corrected chi connectivity index (χ1v) is 10.3. The molecule has 0 aliphatic carbocycles. The van der Waals surface area contributed by atoms with Gasteiger partial charge in [0.25, 0.3) is 11.5 Å². The van der Waals surface area contributed by atoms with Crippen LogP contribution in [0.25, 0.3) is 11.1 Å². The molecule has 1 N–H and O–H groups in total. The molecule has 0 radical (unpaired) electrons. The van der Waals surface area contributed by atoms with E-state index >= 15 is 0 Å². The van der Waals surface area contributed by atoms with E-state index in [1.54, 1.807) is 36.1 Å². The molecule has 1 amide bonds. The fourth-order valence-corrected chi connectivity index (χ4v) is 3.61. The van der Waals surface area contributed by atoms with Crippen molar-refractivity contribution in [1.82, 2.24) is 29.5 Å². The Morgan fingerprint density at radius 2 is 2.03 bits per heavy atom. The molecule has 4 aromatic heterocycles. The lowest BCUT2D eigenvalue weighted by Gasteiger charge is -2.23. The Labute approximate surface area is 194 Å². The maximum atomic E-state index is 13.0. The van der Waals surface area contributed by atoms with Crippen LogP contribution in [0.4, 0.5) is 11.6 Å². The van der Waals surface area contributed by atoms with E-state index in [2.05, 4.69) is 25.5 Å². The van der Waals surface area contributed by atoms with Gasteiger partial charge < -0.3 is 19.5 Å². The molecule has 0 fully saturated rings. The number of nitrogens with zero attached hydrogens (tertiary/aromatic N) is 7. The summed E-state index contributed by atoms with van der Waals surface area (Å²) in [6, 6.07) is 1.92. The predicted octanol–water partition coefficient (Wildman–Crippen LogP) is 1.77. The number of carbonyl (C=O) groups is 1. The summed E-state index contributed by atoms with van der Waals surface area (Å²) in [6.45, 7) is 2.36. The summed E-state index contributed by atoms with van der Waals surface area (Å²) >= 11 is 0. The van der Waals surface area contributed by atoms with Gasteiger partial charge >= 0.3 is 0 Å². The van der Waals surface area contributed by atoms with Crippen LogP contribution in [0.3, 0.4) is 0 Å². The lowest BCUT2D eigenvalue weighted by molar-refractivity contribution is 0.101. The summed E-state index contributed by atoms with van der Waals surface area (Å²) in [5.74, 6) is -0.513. The third kappa shape index (κ3) is 4.12. The van der Waals surface area contributed by atoms with Crippen molar-refractivity contribution in [2.45, 2.75) is 13.5 Å². The number of pyridine rings is 1. The molecule has 12 nitrogen and oxygen atoms in total. The van der Waals surface area contributed by atoms with Crippen molar-refractivity contribution in [3.8, 4) is 16.9 Å². The molecule has 0 aliphatic heterocycles. The number of nitrogens with one attached hydrogen (secondary N) is 1. The number of aryl methyl sites for hydroxylation is 1. The number of carbonyl (C=O) groups excluding carboxylic acids is 1. The average molecular weight is 464 g/mol. The first-order valence-electron chi connectivity index (χ1n) is 10.3. The summed E-state index contributed by atoms with van der Waals surface area (Å²) in [4.78, 5) is 36.3. The van der Waals surface area contributed by atoms with Gasteiger partial charge in [-0.1, -0.05) is 5.16 Å². The van der Waals surface area contributed by atoms with E-state index < -0.39 is 11.5 Å². The Balaban J connectivity index is 1.71. The molecule has 0 bridgehead atoms. The highest BCUT2D eigenvalue weighted by Crippen LogP contribution is 2.27. The molecular weight excluding hydrogens is 440 g/mol. The number of amides is 1. The van der Waals surface area contributed by atoms with Crippen molar-refractivity contribution in [2.24, 2.45) is 14.1 Å². The normalized spacial score (nSPS) is 10.9. The average Bonchev–Trinajstić information content (AvgIpc) is 3.45. The smallest absolute Gasteiger partial charge is 0.297 e. The van der Waals surface area contributed by atoms with Crippen molar-refractivity contribution in [3.63, 3.8) is 0 Å². The number of methoxy groups -OCH3 is 1. The van der Waals surface area contributed by atoms with E-state index in [9.17, 15) is 9.59 Å². The number of rotatable bonds is 7. The fourth-order valence-electron chi connectivity index (χ4n) is 3.61. The molecule has 0 saturated heterocycles. The van der Waals surface area contributed by atoms with Crippen LogP contribution in [0.15, 0.2) is 46.4 Å². The number of hydrogen-bond donors (Lipinski definition) is 1. The molecule has 0 atom stereocenters. The SMILES string of the molecule is COc1c(C(=O)Nc2cnoc2)nc(N(C)Cc2cnccc2-c2cnn(C)c2C)n(C)c1=O. The largest absolute Gasteiger partial charge is 0.489 e. The second-order valence-corrected chi connectivity index (χ2v) is 7.68. The van der Waals surface area contributed by atoms with Gasteiger partial charge in [0.1, 0.15) is 12.0 Å². The Morgan fingerprint density at radius 3 is 2.68 bits per heavy atom. The number of aromatic nitrogens is 6. The highest BCUT2D eigenvalue weighted by Gasteiger charge is 2.24. The number of ether oxygens (including phenoxy) is 1. The van der Waals surface area contributed by atoms with E-state index in [1.807, 2.05) is 26.2 Å². The van der Waals surface area contributed by atoms with Crippen molar-refractivity contribution < 1.29 is 14.1 Å². The monoisotopic (exact) mass is 464 g/mol. The maximum absolute atomic E-state index is 13.0. The lowest BCUT2D eigenvalue weighted by atomic mass is 10.0. The van der Waals surface area contributed by atoms with Gasteiger partial charge in [-0.15, -0.1) is 0 Å². The van der Waals surface area contributed by atoms with Gasteiger partial charge in [0.05, 0.1) is 19.5 Å². The van der Waals surface area contributed by atoms with Crippen LogP contribution in [0.1, 0.15) is 21.7 Å². The van der Waals surface area contributed by atoms with Gasteiger partial charge in [0.15, 0.2) is 5.69 Å². The standard InChI is InChI=1S/C22H24N8O4/c1-13-17(10-24-30(13)4)16-6-7-23-8-14(16)11-28(2)22-27-18(19(33-5)21(32)29(22)3)20(31)26-15-9-25-34-12-15/h6-10,12H,11H2,1-5H3,(H,26,31). The third-order valence-electron chi connectivity index (χ3n) is 5.51. The van der Waals surface area contributed by atoms with Gasteiger partial charge in [-0.2, -0.15) is 5.10 Å². The second-order valence-electron chi connectivity index (χ2n) is 7.68. The first kappa shape index (κ1) is 22.7. The molecule has 0 aromatic carbocycles. The topological polar surface area (TPSA) is 133 Å². The van der Waals surface area contributed by atoms with Crippen LogP contribution >= 0.6 is 0 Å². The summed E-state index contributed by atoms with van der Waals surface area (Å²) < 4.78 is 13.1. The highest BCUT2D eigenvalue weighted by atomic mass is 16.5. The summed E-state index contributed by atoms with van der Waals surface area (Å²) in [5, 5.41) is 10.5. The van der Waals surface area contributed by atoms with Gasteiger partial charge in [-0.05, 0) is 24.1 Å². The Morgan fingerprint density at radius 1 is 1.24 bits per heavy atom. The molecular formula is C22H24N8O4. The Bertz CT molecular complexity index is 1390. The second kappa shape index (κ2) is 9.17. The molecule has 0 spiro atoms. The quantitative estimate of drug-likeness (QED) is 0.434. The maximum Gasteiger partial charge on any atom is 0.297 e. The first-order chi connectivity index (χ1) is 16.3. The van der Waals surface area contributed by atoms with Crippen LogP contribution < -0.4 is 20.5 Å². The Hall–Kier alpha value is -4.48. The van der Waals surface area contributed by atoms with Crippen molar-refractivity contribution >= 4 is 17.5 Å². The highest BCUT2D eigenvalue weighted by molar-refractivity contribution is 6.04.